The van der Waals surface area contributed by atoms with E-state index in [0.717, 1.165) is 30.2 Å². The van der Waals surface area contributed by atoms with E-state index < -0.39 is 9.84 Å². The van der Waals surface area contributed by atoms with Gasteiger partial charge in [0.15, 0.2) is 15.8 Å². The van der Waals surface area contributed by atoms with E-state index in [1.54, 1.807) is 6.07 Å². The fraction of sp³-hybridized carbons (Fsp3) is 0.409. The lowest BCUT2D eigenvalue weighted by Crippen LogP contribution is -2.41. The van der Waals surface area contributed by atoms with Gasteiger partial charge in [0, 0.05) is 24.8 Å². The van der Waals surface area contributed by atoms with Crippen molar-refractivity contribution in [1.29, 1.82) is 0 Å². The third-order valence-corrected chi connectivity index (χ3v) is 6.49. The Morgan fingerprint density at radius 1 is 1.11 bits per heavy atom. The quantitative estimate of drug-likeness (QED) is 0.554. The second kappa shape index (κ2) is 8.35. The molecule has 3 rings (SSSR count). The third-order valence-electron chi connectivity index (χ3n) is 5.24. The molecule has 150 valence electrons. The van der Waals surface area contributed by atoms with Crippen LogP contribution >= 0.6 is 0 Å². The molecule has 0 radical (unpaired) electrons. The normalized spacial score (nSPS) is 15.9. The van der Waals surface area contributed by atoms with Gasteiger partial charge in [-0.3, -0.25) is 0 Å². The van der Waals surface area contributed by atoms with Gasteiger partial charge in [0.05, 0.1) is 11.4 Å². The number of rotatable bonds is 7. The van der Waals surface area contributed by atoms with Gasteiger partial charge in [0.1, 0.15) is 0 Å². The summed E-state index contributed by atoms with van der Waals surface area (Å²) in [5, 5.41) is 6.78. The van der Waals surface area contributed by atoms with Crippen LogP contribution in [0.15, 0.2) is 58.4 Å². The SMILES string of the molecule is CCNC(=NCc1ccc(S(C)(=O)=O)c(C)c1)NCC1(c2ccccc2)CC1. The number of aliphatic imine (C=N–C) groups is 1. The summed E-state index contributed by atoms with van der Waals surface area (Å²) < 4.78 is 23.5. The fourth-order valence-corrected chi connectivity index (χ4v) is 4.46. The lowest BCUT2D eigenvalue weighted by molar-refractivity contribution is 0.601. The number of sulfone groups is 1. The molecular formula is C22H29N3O2S. The Kier molecular flexibility index (Phi) is 6.08. The highest BCUT2D eigenvalue weighted by Gasteiger charge is 2.43. The molecule has 0 heterocycles. The molecule has 5 nitrogen and oxygen atoms in total. The summed E-state index contributed by atoms with van der Waals surface area (Å²) in [6, 6.07) is 16.0. The highest BCUT2D eigenvalue weighted by Crippen LogP contribution is 2.47. The summed E-state index contributed by atoms with van der Waals surface area (Å²) in [4.78, 5) is 5.06. The van der Waals surface area contributed by atoms with Crippen LogP contribution in [0.3, 0.4) is 0 Å². The molecule has 2 N–H and O–H groups in total. The molecule has 0 amide bonds. The van der Waals surface area contributed by atoms with Crippen LogP contribution in [0.5, 0.6) is 0 Å². The molecular weight excluding hydrogens is 370 g/mol. The van der Waals surface area contributed by atoms with Gasteiger partial charge < -0.3 is 10.6 Å². The monoisotopic (exact) mass is 399 g/mol. The number of hydrogen-bond donors (Lipinski definition) is 2. The molecule has 28 heavy (non-hydrogen) atoms. The number of hydrogen-bond acceptors (Lipinski definition) is 3. The second-order valence-corrected chi connectivity index (χ2v) is 9.55. The van der Waals surface area contributed by atoms with Gasteiger partial charge in [-0.1, -0.05) is 42.5 Å². The van der Waals surface area contributed by atoms with Crippen LogP contribution in [0, 0.1) is 6.92 Å². The van der Waals surface area contributed by atoms with Crippen molar-refractivity contribution in [2.24, 2.45) is 4.99 Å². The summed E-state index contributed by atoms with van der Waals surface area (Å²) in [7, 11) is -3.20. The lowest BCUT2D eigenvalue weighted by Gasteiger charge is -2.19. The van der Waals surface area contributed by atoms with E-state index in [9.17, 15) is 8.42 Å². The van der Waals surface area contributed by atoms with Crippen molar-refractivity contribution in [3.63, 3.8) is 0 Å². The predicted molar refractivity (Wildman–Crippen MR) is 114 cm³/mol. The van der Waals surface area contributed by atoms with Crippen LogP contribution in [0.1, 0.15) is 36.5 Å². The fourth-order valence-electron chi connectivity index (χ4n) is 3.50. The van der Waals surface area contributed by atoms with Gasteiger partial charge in [-0.15, -0.1) is 0 Å². The largest absolute Gasteiger partial charge is 0.357 e. The first-order chi connectivity index (χ1) is 13.3. The minimum Gasteiger partial charge on any atom is -0.357 e. The van der Waals surface area contributed by atoms with E-state index in [4.69, 9.17) is 0 Å². The maximum Gasteiger partial charge on any atom is 0.191 e. The Balaban J connectivity index is 1.67. The van der Waals surface area contributed by atoms with E-state index in [0.29, 0.717) is 11.4 Å². The van der Waals surface area contributed by atoms with Gasteiger partial charge in [-0.25, -0.2) is 13.4 Å². The topological polar surface area (TPSA) is 70.6 Å². The number of nitrogens with zero attached hydrogens (tertiary/aromatic N) is 1. The van der Waals surface area contributed by atoms with E-state index in [1.807, 2.05) is 26.0 Å². The van der Waals surface area contributed by atoms with Crippen LogP contribution < -0.4 is 10.6 Å². The maximum atomic E-state index is 11.8. The highest BCUT2D eigenvalue weighted by molar-refractivity contribution is 7.90. The smallest absolute Gasteiger partial charge is 0.191 e. The van der Waals surface area contributed by atoms with E-state index in [-0.39, 0.29) is 5.41 Å². The molecule has 1 aliphatic rings. The summed E-state index contributed by atoms with van der Waals surface area (Å²) in [5.41, 5.74) is 3.34. The first-order valence-electron chi connectivity index (χ1n) is 9.71. The van der Waals surface area contributed by atoms with Gasteiger partial charge >= 0.3 is 0 Å². The van der Waals surface area contributed by atoms with Crippen molar-refractivity contribution in [3.8, 4) is 0 Å². The van der Waals surface area contributed by atoms with E-state index >= 15 is 0 Å². The standard InChI is InChI=1S/C22H29N3O2S/c1-4-23-21(25-16-22(12-13-22)19-8-6-5-7-9-19)24-15-18-10-11-20(17(2)14-18)28(3,26)27/h5-11,14H,4,12-13,15-16H2,1-3H3,(H2,23,24,25). The Morgan fingerprint density at radius 2 is 1.82 bits per heavy atom. The van der Waals surface area contributed by atoms with Crippen molar-refractivity contribution >= 4 is 15.8 Å². The first-order valence-corrected chi connectivity index (χ1v) is 11.6. The minimum absolute atomic E-state index is 0.213. The van der Waals surface area contributed by atoms with E-state index in [2.05, 4.69) is 46.0 Å². The zero-order valence-corrected chi connectivity index (χ0v) is 17.6. The minimum atomic E-state index is -3.20. The Hall–Kier alpha value is -2.34. The average Bonchev–Trinajstić information content (AvgIpc) is 3.45. The number of aryl methyl sites for hydroxylation is 1. The Morgan fingerprint density at radius 3 is 2.39 bits per heavy atom. The molecule has 0 aromatic heterocycles. The summed E-state index contributed by atoms with van der Waals surface area (Å²) in [5.74, 6) is 0.787. The number of benzene rings is 2. The molecule has 0 aliphatic heterocycles. The van der Waals surface area contributed by atoms with Crippen molar-refractivity contribution in [3.05, 3.63) is 65.2 Å². The maximum absolute atomic E-state index is 11.8. The molecule has 0 atom stereocenters. The van der Waals surface area contributed by atoms with Gasteiger partial charge in [-0.05, 0) is 49.4 Å². The summed E-state index contributed by atoms with van der Waals surface area (Å²) in [6.45, 7) is 6.01. The Labute approximate surface area is 168 Å². The van der Waals surface area contributed by atoms with Gasteiger partial charge in [0.2, 0.25) is 0 Å². The van der Waals surface area contributed by atoms with E-state index in [1.165, 1.54) is 24.7 Å². The van der Waals surface area contributed by atoms with Gasteiger partial charge in [0.25, 0.3) is 0 Å². The number of nitrogens with one attached hydrogen (secondary N) is 2. The molecule has 0 spiro atoms. The first kappa shape index (κ1) is 20.4. The molecule has 0 bridgehead atoms. The van der Waals surface area contributed by atoms with Crippen LogP contribution in [0.2, 0.25) is 0 Å². The second-order valence-electron chi connectivity index (χ2n) is 7.57. The molecule has 1 aliphatic carbocycles. The van der Waals surface area contributed by atoms with Crippen LogP contribution in [-0.2, 0) is 21.8 Å². The Bertz CT molecular complexity index is 949. The average molecular weight is 400 g/mol. The van der Waals surface area contributed by atoms with Crippen molar-refractivity contribution in [1.82, 2.24) is 10.6 Å². The lowest BCUT2D eigenvalue weighted by atomic mass is 9.96. The molecule has 0 saturated heterocycles. The zero-order valence-electron chi connectivity index (χ0n) is 16.8. The molecule has 0 unspecified atom stereocenters. The highest BCUT2D eigenvalue weighted by atomic mass is 32.2. The molecule has 2 aromatic carbocycles. The van der Waals surface area contributed by atoms with Gasteiger partial charge in [-0.2, -0.15) is 0 Å². The van der Waals surface area contributed by atoms with Crippen LogP contribution in [-0.4, -0.2) is 33.7 Å². The molecule has 1 fully saturated rings. The zero-order chi connectivity index (χ0) is 20.2. The summed E-state index contributed by atoms with van der Waals surface area (Å²) >= 11 is 0. The molecule has 2 aromatic rings. The molecule has 1 saturated carbocycles. The van der Waals surface area contributed by atoms with Crippen LogP contribution in [0.25, 0.3) is 0 Å². The van der Waals surface area contributed by atoms with Crippen LogP contribution in [0.4, 0.5) is 0 Å². The van der Waals surface area contributed by atoms with Crippen molar-refractivity contribution in [2.75, 3.05) is 19.3 Å². The predicted octanol–water partition coefficient (Wildman–Crippen LogP) is 3.19. The molecule has 6 heteroatoms. The van der Waals surface area contributed by atoms with Crippen molar-refractivity contribution < 1.29 is 8.42 Å². The summed E-state index contributed by atoms with van der Waals surface area (Å²) in [6.07, 6.45) is 3.62. The van der Waals surface area contributed by atoms with Crippen molar-refractivity contribution in [2.45, 2.75) is 43.5 Å². The third kappa shape index (κ3) is 4.93. The number of guanidine groups is 1.